The lowest BCUT2D eigenvalue weighted by molar-refractivity contribution is -0.161. The first-order chi connectivity index (χ1) is 20.6. The molecule has 5 nitrogen and oxygen atoms in total. The fraction of sp³-hybridized carbons (Fsp3) is 0.730. The Kier molecular flexibility index (Phi) is 31.7. The summed E-state index contributed by atoms with van der Waals surface area (Å²) in [5.41, 5.74) is 0. The second-order valence-corrected chi connectivity index (χ2v) is 11.2. The zero-order chi connectivity index (χ0) is 30.8. The van der Waals surface area contributed by atoms with E-state index >= 15 is 0 Å². The van der Waals surface area contributed by atoms with Gasteiger partial charge in [0, 0.05) is 12.8 Å². The molecule has 0 aromatic heterocycles. The van der Waals surface area contributed by atoms with Crippen LogP contribution in [0, 0.1) is 0 Å². The lowest BCUT2D eigenvalue weighted by atomic mass is 10.1. The van der Waals surface area contributed by atoms with Gasteiger partial charge in [-0.15, -0.1) is 0 Å². The Morgan fingerprint density at radius 3 is 1.48 bits per heavy atom. The van der Waals surface area contributed by atoms with Crippen LogP contribution in [-0.2, 0) is 19.1 Å². The van der Waals surface area contributed by atoms with Gasteiger partial charge in [-0.2, -0.15) is 0 Å². The Hall–Kier alpha value is -2.14. The SMILES string of the molecule is CCCCC/C=C/C/C=C/C/C=C/C/C=C/CCCCCC(=O)O[C@@H](CO)COC(=O)CCCCCCCCCCC. The second-order valence-electron chi connectivity index (χ2n) is 11.2. The zero-order valence-corrected chi connectivity index (χ0v) is 27.2. The molecule has 5 heteroatoms. The van der Waals surface area contributed by atoms with Crippen molar-refractivity contribution in [1.29, 1.82) is 0 Å². The summed E-state index contributed by atoms with van der Waals surface area (Å²) in [6.45, 7) is 4.04. The fourth-order valence-corrected chi connectivity index (χ4v) is 4.48. The van der Waals surface area contributed by atoms with E-state index in [0.29, 0.717) is 12.8 Å². The summed E-state index contributed by atoms with van der Waals surface area (Å²) < 4.78 is 10.5. The quantitative estimate of drug-likeness (QED) is 0.0513. The molecule has 0 spiro atoms. The summed E-state index contributed by atoms with van der Waals surface area (Å²) in [7, 11) is 0. The fourth-order valence-electron chi connectivity index (χ4n) is 4.48. The molecule has 0 saturated carbocycles. The van der Waals surface area contributed by atoms with Crippen molar-refractivity contribution in [2.75, 3.05) is 13.2 Å². The van der Waals surface area contributed by atoms with Crippen LogP contribution in [0.15, 0.2) is 48.6 Å². The highest BCUT2D eigenvalue weighted by Gasteiger charge is 2.16. The number of esters is 2. The van der Waals surface area contributed by atoms with Crippen LogP contribution < -0.4 is 0 Å². The summed E-state index contributed by atoms with van der Waals surface area (Å²) in [6.07, 6.45) is 40.2. The number of carbonyl (C=O) groups is 2. The van der Waals surface area contributed by atoms with Gasteiger partial charge in [0.25, 0.3) is 0 Å². The van der Waals surface area contributed by atoms with Gasteiger partial charge in [-0.1, -0.05) is 133 Å². The van der Waals surface area contributed by atoms with Gasteiger partial charge < -0.3 is 14.6 Å². The summed E-state index contributed by atoms with van der Waals surface area (Å²) in [4.78, 5) is 24.0. The monoisotopic (exact) mass is 588 g/mol. The minimum Gasteiger partial charge on any atom is -0.462 e. The van der Waals surface area contributed by atoms with Crippen LogP contribution in [0.5, 0.6) is 0 Å². The van der Waals surface area contributed by atoms with Crippen LogP contribution in [0.1, 0.15) is 155 Å². The maximum atomic E-state index is 12.1. The van der Waals surface area contributed by atoms with Gasteiger partial charge in [0.05, 0.1) is 6.61 Å². The number of carbonyl (C=O) groups excluding carboxylic acids is 2. The maximum Gasteiger partial charge on any atom is 0.306 e. The number of allylic oxidation sites excluding steroid dienone is 8. The summed E-state index contributed by atoms with van der Waals surface area (Å²) in [6, 6.07) is 0. The molecule has 42 heavy (non-hydrogen) atoms. The number of aliphatic hydroxyl groups is 1. The number of hydrogen-bond donors (Lipinski definition) is 1. The third-order valence-corrected chi connectivity index (χ3v) is 7.13. The predicted octanol–water partition coefficient (Wildman–Crippen LogP) is 10.3. The average molecular weight is 589 g/mol. The van der Waals surface area contributed by atoms with E-state index in [4.69, 9.17) is 9.47 Å². The Bertz CT molecular complexity index is 722. The van der Waals surface area contributed by atoms with Gasteiger partial charge in [0.2, 0.25) is 0 Å². The van der Waals surface area contributed by atoms with Crippen molar-refractivity contribution >= 4 is 11.9 Å². The van der Waals surface area contributed by atoms with Gasteiger partial charge in [-0.3, -0.25) is 9.59 Å². The minimum absolute atomic E-state index is 0.0788. The molecular weight excluding hydrogens is 524 g/mol. The first-order valence-electron chi connectivity index (χ1n) is 17.2. The van der Waals surface area contributed by atoms with E-state index in [9.17, 15) is 14.7 Å². The molecule has 0 aliphatic carbocycles. The number of rotatable bonds is 30. The van der Waals surface area contributed by atoms with E-state index in [2.05, 4.69) is 62.5 Å². The second kappa shape index (κ2) is 33.4. The van der Waals surface area contributed by atoms with E-state index < -0.39 is 6.10 Å². The molecule has 0 aliphatic rings. The standard InChI is InChI=1S/C37H64O5/c1-3-5-7-9-11-13-14-15-16-17-18-19-20-21-22-24-26-28-30-32-37(40)42-35(33-38)34-41-36(39)31-29-27-25-23-12-10-8-6-4-2/h11,13,15-16,18-19,21-22,35,38H,3-10,12,14,17,20,23-34H2,1-2H3/b13-11+,16-15+,19-18+,22-21+/t35-/m0/s1. The molecule has 0 aromatic rings. The van der Waals surface area contributed by atoms with E-state index in [1.807, 2.05) is 0 Å². The number of hydrogen-bond acceptors (Lipinski definition) is 5. The molecule has 0 radical (unpaired) electrons. The average Bonchev–Trinajstić information content (AvgIpc) is 2.99. The van der Waals surface area contributed by atoms with Gasteiger partial charge in [-0.05, 0) is 57.8 Å². The number of unbranched alkanes of at least 4 members (excludes halogenated alkanes) is 14. The third kappa shape index (κ3) is 30.8. The maximum absolute atomic E-state index is 12.1. The summed E-state index contributed by atoms with van der Waals surface area (Å²) in [5.74, 6) is -0.633. The molecule has 242 valence electrons. The zero-order valence-electron chi connectivity index (χ0n) is 27.2. The highest BCUT2D eigenvalue weighted by Crippen LogP contribution is 2.11. The van der Waals surface area contributed by atoms with Crippen LogP contribution in [0.25, 0.3) is 0 Å². The molecule has 0 unspecified atom stereocenters. The minimum atomic E-state index is -0.784. The molecule has 0 saturated heterocycles. The molecule has 0 bridgehead atoms. The van der Waals surface area contributed by atoms with Gasteiger partial charge >= 0.3 is 11.9 Å². The molecule has 0 aromatic carbocycles. The van der Waals surface area contributed by atoms with Crippen molar-refractivity contribution in [1.82, 2.24) is 0 Å². The van der Waals surface area contributed by atoms with Crippen LogP contribution in [0.3, 0.4) is 0 Å². The normalized spacial score (nSPS) is 12.7. The van der Waals surface area contributed by atoms with Crippen molar-refractivity contribution in [3.63, 3.8) is 0 Å². The summed E-state index contributed by atoms with van der Waals surface area (Å²) in [5, 5.41) is 9.49. The molecule has 0 aliphatic heterocycles. The highest BCUT2D eigenvalue weighted by atomic mass is 16.6. The molecule has 1 atom stereocenters. The van der Waals surface area contributed by atoms with Crippen molar-refractivity contribution < 1.29 is 24.2 Å². The van der Waals surface area contributed by atoms with Gasteiger partial charge in [-0.25, -0.2) is 0 Å². The van der Waals surface area contributed by atoms with Gasteiger partial charge in [0.15, 0.2) is 6.10 Å². The molecule has 0 rings (SSSR count). The van der Waals surface area contributed by atoms with E-state index in [0.717, 1.165) is 64.2 Å². The van der Waals surface area contributed by atoms with Crippen LogP contribution in [-0.4, -0.2) is 36.4 Å². The van der Waals surface area contributed by atoms with Crippen LogP contribution in [0.4, 0.5) is 0 Å². The van der Waals surface area contributed by atoms with Crippen LogP contribution >= 0.6 is 0 Å². The molecule has 0 heterocycles. The topological polar surface area (TPSA) is 72.8 Å². The molecule has 0 amide bonds. The van der Waals surface area contributed by atoms with Crippen molar-refractivity contribution in [3.05, 3.63) is 48.6 Å². The first-order valence-corrected chi connectivity index (χ1v) is 17.2. The van der Waals surface area contributed by atoms with Crippen molar-refractivity contribution in [2.24, 2.45) is 0 Å². The summed E-state index contributed by atoms with van der Waals surface area (Å²) >= 11 is 0. The van der Waals surface area contributed by atoms with E-state index in [1.165, 1.54) is 64.2 Å². The molecular formula is C37H64O5. The third-order valence-electron chi connectivity index (χ3n) is 7.13. The lowest BCUT2D eigenvalue weighted by Gasteiger charge is -2.15. The molecule has 1 N–H and O–H groups in total. The predicted molar refractivity (Wildman–Crippen MR) is 177 cm³/mol. The lowest BCUT2D eigenvalue weighted by Crippen LogP contribution is -2.28. The Morgan fingerprint density at radius 1 is 0.548 bits per heavy atom. The van der Waals surface area contributed by atoms with Crippen molar-refractivity contribution in [3.8, 4) is 0 Å². The largest absolute Gasteiger partial charge is 0.462 e. The number of ether oxygens (including phenoxy) is 2. The smallest absolute Gasteiger partial charge is 0.306 e. The van der Waals surface area contributed by atoms with E-state index in [1.54, 1.807) is 0 Å². The Balaban J connectivity index is 3.68. The van der Waals surface area contributed by atoms with Crippen LogP contribution in [0.2, 0.25) is 0 Å². The van der Waals surface area contributed by atoms with Gasteiger partial charge in [0.1, 0.15) is 6.61 Å². The highest BCUT2D eigenvalue weighted by molar-refractivity contribution is 5.70. The Morgan fingerprint density at radius 2 is 0.952 bits per heavy atom. The first kappa shape index (κ1) is 39.9. The molecule has 0 fully saturated rings. The number of aliphatic hydroxyl groups excluding tert-OH is 1. The van der Waals surface area contributed by atoms with Crippen molar-refractivity contribution in [2.45, 2.75) is 161 Å². The van der Waals surface area contributed by atoms with E-state index in [-0.39, 0.29) is 25.2 Å². The Labute approximate surface area is 258 Å².